The van der Waals surface area contributed by atoms with Crippen LogP contribution in [-0.4, -0.2) is 31.4 Å². The summed E-state index contributed by atoms with van der Waals surface area (Å²) in [4.78, 5) is 14.9. The molecule has 3 nitrogen and oxygen atoms in total. The first kappa shape index (κ1) is 21.1. The maximum Gasteiger partial charge on any atom is 0.416 e. The van der Waals surface area contributed by atoms with Crippen LogP contribution in [0.3, 0.4) is 0 Å². The summed E-state index contributed by atoms with van der Waals surface area (Å²) >= 11 is 1.60. The Morgan fingerprint density at radius 2 is 1.76 bits per heavy atom. The summed E-state index contributed by atoms with van der Waals surface area (Å²) in [5.74, 6) is -0.262. The fourth-order valence-electron chi connectivity index (χ4n) is 3.12. The molecule has 0 aliphatic carbocycles. The average molecular weight is 418 g/mol. The zero-order chi connectivity index (χ0) is 21.0. The van der Waals surface area contributed by atoms with E-state index in [1.165, 1.54) is 12.1 Å². The molecule has 0 fully saturated rings. The van der Waals surface area contributed by atoms with Gasteiger partial charge in [0.05, 0.1) is 11.6 Å². The van der Waals surface area contributed by atoms with Crippen LogP contribution < -0.4 is 5.32 Å². The van der Waals surface area contributed by atoms with E-state index in [-0.39, 0.29) is 11.9 Å². The number of hydrogen-bond donors (Lipinski definition) is 1. The molecule has 3 aromatic rings. The van der Waals surface area contributed by atoms with Gasteiger partial charge in [-0.15, -0.1) is 0 Å². The van der Waals surface area contributed by atoms with E-state index < -0.39 is 11.7 Å². The second-order valence-electron chi connectivity index (χ2n) is 6.87. The summed E-state index contributed by atoms with van der Waals surface area (Å²) in [6, 6.07) is 13.8. The number of rotatable bonds is 6. The molecule has 29 heavy (non-hydrogen) atoms. The van der Waals surface area contributed by atoms with Crippen LogP contribution in [-0.2, 0) is 6.18 Å². The van der Waals surface area contributed by atoms with Crippen LogP contribution >= 0.6 is 11.3 Å². The van der Waals surface area contributed by atoms with Gasteiger partial charge < -0.3 is 10.2 Å². The number of carbonyl (C=O) groups excluding carboxylic acids is 1. The lowest BCUT2D eigenvalue weighted by Crippen LogP contribution is -2.34. The lowest BCUT2D eigenvalue weighted by atomic mass is 9.98. The smallest absolute Gasteiger partial charge is 0.350 e. The van der Waals surface area contributed by atoms with Gasteiger partial charge in [-0.25, -0.2) is 0 Å². The van der Waals surface area contributed by atoms with Gasteiger partial charge in [0.1, 0.15) is 0 Å². The molecule has 1 N–H and O–H groups in total. The molecule has 1 heterocycles. The highest BCUT2D eigenvalue weighted by molar-refractivity contribution is 7.07. The molecule has 0 saturated heterocycles. The highest BCUT2D eigenvalue weighted by Gasteiger charge is 2.30. The lowest BCUT2D eigenvalue weighted by molar-refractivity contribution is -0.137. The summed E-state index contributed by atoms with van der Waals surface area (Å²) in [5.41, 5.74) is 1.99. The molecule has 0 bridgehead atoms. The third kappa shape index (κ3) is 5.05. The van der Waals surface area contributed by atoms with Crippen molar-refractivity contribution in [3.05, 3.63) is 82.0 Å². The maximum absolute atomic E-state index is 12.9. The standard InChI is InChI=1S/C22H21F3N2OS/c1-27(2)20(16-11-12-29-14-16)13-26-21(28)19-6-4-3-5-18(19)15-7-9-17(10-8-15)22(23,24)25/h3-12,14,20H,13H2,1-2H3,(H,26,28)/t20-/m1/s1. The third-order valence-electron chi connectivity index (χ3n) is 4.70. The monoisotopic (exact) mass is 418 g/mol. The Bertz CT molecular complexity index is 951. The van der Waals surface area contributed by atoms with E-state index in [0.717, 1.165) is 17.7 Å². The molecule has 0 saturated carbocycles. The fourth-order valence-corrected chi connectivity index (χ4v) is 3.83. The Morgan fingerprint density at radius 1 is 1.07 bits per heavy atom. The number of carbonyl (C=O) groups is 1. The molecule has 1 atom stereocenters. The first-order valence-corrected chi connectivity index (χ1v) is 9.95. The van der Waals surface area contributed by atoms with Crippen LogP contribution in [0.1, 0.15) is 27.5 Å². The number of nitrogens with one attached hydrogen (secondary N) is 1. The van der Waals surface area contributed by atoms with Crippen molar-refractivity contribution in [1.82, 2.24) is 10.2 Å². The zero-order valence-electron chi connectivity index (χ0n) is 16.0. The van der Waals surface area contributed by atoms with Crippen molar-refractivity contribution in [3.8, 4) is 11.1 Å². The molecule has 0 aliphatic rings. The van der Waals surface area contributed by atoms with Crippen molar-refractivity contribution in [3.63, 3.8) is 0 Å². The van der Waals surface area contributed by atoms with Gasteiger partial charge in [-0.05, 0) is 65.8 Å². The van der Waals surface area contributed by atoms with Gasteiger partial charge in [0.15, 0.2) is 0 Å². The van der Waals surface area contributed by atoms with Crippen LogP contribution in [0.15, 0.2) is 65.4 Å². The molecule has 2 aromatic carbocycles. The number of halogens is 3. The maximum atomic E-state index is 12.9. The van der Waals surface area contributed by atoms with Crippen molar-refractivity contribution in [1.29, 1.82) is 0 Å². The normalized spacial score (nSPS) is 12.8. The van der Waals surface area contributed by atoms with Crippen LogP contribution in [0.4, 0.5) is 13.2 Å². The van der Waals surface area contributed by atoms with Gasteiger partial charge in [0.2, 0.25) is 0 Å². The van der Waals surface area contributed by atoms with Crippen LogP contribution in [0, 0.1) is 0 Å². The van der Waals surface area contributed by atoms with Gasteiger partial charge in [-0.2, -0.15) is 24.5 Å². The summed E-state index contributed by atoms with van der Waals surface area (Å²) < 4.78 is 38.5. The van der Waals surface area contributed by atoms with Gasteiger partial charge in [0.25, 0.3) is 5.91 Å². The lowest BCUT2D eigenvalue weighted by Gasteiger charge is -2.24. The summed E-state index contributed by atoms with van der Waals surface area (Å²) in [7, 11) is 3.90. The second-order valence-corrected chi connectivity index (χ2v) is 7.65. The van der Waals surface area contributed by atoms with E-state index in [2.05, 4.69) is 5.32 Å². The van der Waals surface area contributed by atoms with Gasteiger partial charge >= 0.3 is 6.18 Å². The van der Waals surface area contributed by atoms with Gasteiger partial charge in [-0.3, -0.25) is 4.79 Å². The minimum Gasteiger partial charge on any atom is -0.350 e. The van der Waals surface area contributed by atoms with Crippen molar-refractivity contribution in [2.24, 2.45) is 0 Å². The predicted molar refractivity (Wildman–Crippen MR) is 110 cm³/mol. The molecule has 0 spiro atoms. The largest absolute Gasteiger partial charge is 0.416 e. The van der Waals surface area contributed by atoms with Crippen molar-refractivity contribution in [2.45, 2.75) is 12.2 Å². The molecular weight excluding hydrogens is 397 g/mol. The number of benzene rings is 2. The fraction of sp³-hybridized carbons (Fsp3) is 0.227. The van der Waals surface area contributed by atoms with E-state index >= 15 is 0 Å². The molecule has 0 unspecified atom stereocenters. The van der Waals surface area contributed by atoms with Gasteiger partial charge in [0, 0.05) is 12.1 Å². The Kier molecular flexibility index (Phi) is 6.39. The minimum atomic E-state index is -4.39. The summed E-state index contributed by atoms with van der Waals surface area (Å²) in [5, 5.41) is 7.00. The number of likely N-dealkylation sites (N-methyl/N-ethyl adjacent to an activating group) is 1. The number of alkyl halides is 3. The number of thiophene rings is 1. The van der Waals surface area contributed by atoms with E-state index in [0.29, 0.717) is 23.2 Å². The topological polar surface area (TPSA) is 32.3 Å². The summed E-state index contributed by atoms with van der Waals surface area (Å²) in [6.45, 7) is 0.421. The molecule has 1 aromatic heterocycles. The van der Waals surface area contributed by atoms with E-state index in [4.69, 9.17) is 0 Å². The Balaban J connectivity index is 1.80. The van der Waals surface area contributed by atoms with Gasteiger partial charge in [-0.1, -0.05) is 30.3 Å². The zero-order valence-corrected chi connectivity index (χ0v) is 16.8. The number of hydrogen-bond acceptors (Lipinski definition) is 3. The molecular formula is C22H21F3N2OS. The van der Waals surface area contributed by atoms with Crippen molar-refractivity contribution in [2.75, 3.05) is 20.6 Å². The highest BCUT2D eigenvalue weighted by Crippen LogP contribution is 2.32. The summed E-state index contributed by atoms with van der Waals surface area (Å²) in [6.07, 6.45) is -4.39. The molecule has 3 rings (SSSR count). The van der Waals surface area contributed by atoms with Crippen LogP contribution in [0.5, 0.6) is 0 Å². The molecule has 1 amide bonds. The Hall–Kier alpha value is -2.64. The number of nitrogens with zero attached hydrogens (tertiary/aromatic N) is 1. The first-order valence-electron chi connectivity index (χ1n) is 9.00. The minimum absolute atomic E-state index is 0.0310. The SMILES string of the molecule is CN(C)[C@H](CNC(=O)c1ccccc1-c1ccc(C(F)(F)F)cc1)c1ccsc1. The van der Waals surface area contributed by atoms with Crippen LogP contribution in [0.25, 0.3) is 11.1 Å². The average Bonchev–Trinajstić information content (AvgIpc) is 3.21. The Morgan fingerprint density at radius 3 is 2.34 bits per heavy atom. The quantitative estimate of drug-likeness (QED) is 0.576. The molecule has 152 valence electrons. The van der Waals surface area contributed by atoms with E-state index in [1.54, 1.807) is 35.6 Å². The Labute approximate surface area is 171 Å². The molecule has 0 radical (unpaired) electrons. The highest BCUT2D eigenvalue weighted by atomic mass is 32.1. The third-order valence-corrected chi connectivity index (χ3v) is 5.40. The molecule has 0 aliphatic heterocycles. The predicted octanol–water partition coefficient (Wildman–Crippen LogP) is 5.47. The van der Waals surface area contributed by atoms with E-state index in [9.17, 15) is 18.0 Å². The van der Waals surface area contributed by atoms with E-state index in [1.807, 2.05) is 35.8 Å². The van der Waals surface area contributed by atoms with Crippen molar-refractivity contribution >= 4 is 17.2 Å². The number of amides is 1. The second kappa shape index (κ2) is 8.80. The van der Waals surface area contributed by atoms with Crippen LogP contribution in [0.2, 0.25) is 0 Å². The molecule has 7 heteroatoms. The van der Waals surface area contributed by atoms with Crippen molar-refractivity contribution < 1.29 is 18.0 Å². The first-order chi connectivity index (χ1) is 13.8.